The lowest BCUT2D eigenvalue weighted by Crippen LogP contribution is -2.31. The van der Waals surface area contributed by atoms with Crippen molar-refractivity contribution in [1.29, 1.82) is 0 Å². The standard InChI is InChI=1S/C23H21NO2/c1-19-14-16-20(17-15-19)9-8-18-26-24(22-12-6-3-7-13-22)23(25)21-10-4-2-5-11-21/h2-17H,18H2,1H3/b9-8+. The van der Waals surface area contributed by atoms with Gasteiger partial charge < -0.3 is 0 Å². The highest BCUT2D eigenvalue weighted by atomic mass is 16.7. The van der Waals surface area contributed by atoms with Gasteiger partial charge in [0.1, 0.15) is 0 Å². The summed E-state index contributed by atoms with van der Waals surface area (Å²) in [6.07, 6.45) is 3.88. The van der Waals surface area contributed by atoms with Crippen molar-refractivity contribution in [2.75, 3.05) is 11.7 Å². The quantitative estimate of drug-likeness (QED) is 0.569. The van der Waals surface area contributed by atoms with Crippen LogP contribution in [0.1, 0.15) is 21.5 Å². The first-order valence-electron chi connectivity index (χ1n) is 8.55. The minimum Gasteiger partial charge on any atom is -0.266 e. The number of rotatable bonds is 6. The number of para-hydroxylation sites is 1. The van der Waals surface area contributed by atoms with Crippen LogP contribution in [-0.2, 0) is 4.84 Å². The summed E-state index contributed by atoms with van der Waals surface area (Å²) in [7, 11) is 0. The summed E-state index contributed by atoms with van der Waals surface area (Å²) in [5.41, 5.74) is 3.60. The Morgan fingerprint density at radius 1 is 0.885 bits per heavy atom. The zero-order chi connectivity index (χ0) is 18.2. The second-order valence-electron chi connectivity index (χ2n) is 5.91. The highest BCUT2D eigenvalue weighted by Gasteiger charge is 2.18. The van der Waals surface area contributed by atoms with Gasteiger partial charge in [0.15, 0.2) is 0 Å². The molecule has 0 aliphatic carbocycles. The van der Waals surface area contributed by atoms with Crippen LogP contribution in [0.5, 0.6) is 0 Å². The smallest absolute Gasteiger partial charge is 0.266 e. The zero-order valence-corrected chi connectivity index (χ0v) is 14.7. The molecule has 0 saturated heterocycles. The number of amides is 1. The molecule has 26 heavy (non-hydrogen) atoms. The summed E-state index contributed by atoms with van der Waals surface area (Å²) < 4.78 is 0. The summed E-state index contributed by atoms with van der Waals surface area (Å²) >= 11 is 0. The lowest BCUT2D eigenvalue weighted by atomic mass is 10.1. The van der Waals surface area contributed by atoms with E-state index in [-0.39, 0.29) is 5.91 Å². The Hall–Kier alpha value is -3.17. The highest BCUT2D eigenvalue weighted by Crippen LogP contribution is 2.17. The molecule has 3 rings (SSSR count). The van der Waals surface area contributed by atoms with Crippen molar-refractivity contribution in [3.8, 4) is 0 Å². The van der Waals surface area contributed by atoms with Crippen LogP contribution in [0.25, 0.3) is 6.08 Å². The minimum absolute atomic E-state index is 0.194. The van der Waals surface area contributed by atoms with Crippen LogP contribution >= 0.6 is 0 Å². The molecule has 0 unspecified atom stereocenters. The van der Waals surface area contributed by atoms with Gasteiger partial charge in [0, 0.05) is 5.56 Å². The molecule has 0 aliphatic heterocycles. The van der Waals surface area contributed by atoms with E-state index in [1.807, 2.05) is 60.7 Å². The number of anilines is 1. The second kappa shape index (κ2) is 8.79. The molecule has 0 aromatic heterocycles. The molecule has 3 nitrogen and oxygen atoms in total. The van der Waals surface area contributed by atoms with Gasteiger partial charge in [0.2, 0.25) is 0 Å². The molecule has 0 atom stereocenters. The predicted octanol–water partition coefficient (Wildman–Crippen LogP) is 5.29. The molecule has 1 amide bonds. The Morgan fingerprint density at radius 3 is 2.15 bits per heavy atom. The molecule has 0 heterocycles. The van der Waals surface area contributed by atoms with E-state index in [0.717, 1.165) is 5.56 Å². The van der Waals surface area contributed by atoms with Crippen molar-refractivity contribution >= 4 is 17.7 Å². The van der Waals surface area contributed by atoms with Gasteiger partial charge in [-0.05, 0) is 36.8 Å². The van der Waals surface area contributed by atoms with Crippen LogP contribution < -0.4 is 5.06 Å². The first-order valence-corrected chi connectivity index (χ1v) is 8.55. The predicted molar refractivity (Wildman–Crippen MR) is 106 cm³/mol. The topological polar surface area (TPSA) is 29.5 Å². The summed E-state index contributed by atoms with van der Waals surface area (Å²) in [5.74, 6) is -0.194. The van der Waals surface area contributed by atoms with Gasteiger partial charge >= 0.3 is 0 Å². The number of hydrogen-bond donors (Lipinski definition) is 0. The number of nitrogens with zero attached hydrogens (tertiary/aromatic N) is 1. The molecule has 130 valence electrons. The first kappa shape index (κ1) is 17.6. The molecule has 3 aromatic carbocycles. The number of carbonyl (C=O) groups excluding carboxylic acids is 1. The molecule has 0 aliphatic rings. The normalized spacial score (nSPS) is 10.8. The van der Waals surface area contributed by atoms with Crippen LogP contribution in [0.15, 0.2) is 91.0 Å². The van der Waals surface area contributed by atoms with Crippen molar-refractivity contribution in [3.63, 3.8) is 0 Å². The van der Waals surface area contributed by atoms with Crippen LogP contribution in [-0.4, -0.2) is 12.5 Å². The molecule has 0 fully saturated rings. The minimum atomic E-state index is -0.194. The molecule has 0 saturated carbocycles. The van der Waals surface area contributed by atoms with Crippen LogP contribution in [0.2, 0.25) is 0 Å². The SMILES string of the molecule is Cc1ccc(/C=C/CON(C(=O)c2ccccc2)c2ccccc2)cc1. The summed E-state index contributed by atoms with van der Waals surface area (Å²) in [4.78, 5) is 18.6. The fourth-order valence-electron chi connectivity index (χ4n) is 2.49. The van der Waals surface area contributed by atoms with Crippen molar-refractivity contribution in [3.05, 3.63) is 108 Å². The Labute approximate surface area is 154 Å². The molecule has 0 N–H and O–H groups in total. The van der Waals surface area contributed by atoms with E-state index in [0.29, 0.717) is 17.9 Å². The van der Waals surface area contributed by atoms with Crippen molar-refractivity contribution in [2.45, 2.75) is 6.92 Å². The average Bonchev–Trinajstić information content (AvgIpc) is 2.70. The maximum atomic E-state index is 12.8. The van der Waals surface area contributed by atoms with E-state index >= 15 is 0 Å². The summed E-state index contributed by atoms with van der Waals surface area (Å²) in [5, 5.41) is 1.34. The number of hydrogen-bond acceptors (Lipinski definition) is 2. The van der Waals surface area contributed by atoms with E-state index in [1.165, 1.54) is 10.6 Å². The molecule has 0 radical (unpaired) electrons. The first-order chi connectivity index (χ1) is 12.7. The van der Waals surface area contributed by atoms with Gasteiger partial charge in [-0.15, -0.1) is 0 Å². The second-order valence-corrected chi connectivity index (χ2v) is 5.91. The summed E-state index contributed by atoms with van der Waals surface area (Å²) in [6.45, 7) is 2.35. The Bertz CT molecular complexity index is 856. The Morgan fingerprint density at radius 2 is 1.50 bits per heavy atom. The monoisotopic (exact) mass is 343 g/mol. The third-order valence-electron chi connectivity index (χ3n) is 3.88. The van der Waals surface area contributed by atoms with Crippen LogP contribution in [0.3, 0.4) is 0 Å². The average molecular weight is 343 g/mol. The molecule has 0 spiro atoms. The molecule has 3 heteroatoms. The number of benzene rings is 3. The van der Waals surface area contributed by atoms with E-state index in [1.54, 1.807) is 12.1 Å². The van der Waals surface area contributed by atoms with Crippen molar-refractivity contribution < 1.29 is 9.63 Å². The van der Waals surface area contributed by atoms with Gasteiger partial charge in [-0.1, -0.05) is 78.4 Å². The fraction of sp³-hybridized carbons (Fsp3) is 0.0870. The Kier molecular flexibility index (Phi) is 5.96. The van der Waals surface area contributed by atoms with E-state index in [9.17, 15) is 4.79 Å². The van der Waals surface area contributed by atoms with E-state index in [2.05, 4.69) is 31.2 Å². The number of aryl methyl sites for hydroxylation is 1. The molecule has 3 aromatic rings. The van der Waals surface area contributed by atoms with E-state index < -0.39 is 0 Å². The maximum Gasteiger partial charge on any atom is 0.282 e. The van der Waals surface area contributed by atoms with Gasteiger partial charge in [0.25, 0.3) is 5.91 Å². The molecular formula is C23H21NO2. The zero-order valence-electron chi connectivity index (χ0n) is 14.7. The fourth-order valence-corrected chi connectivity index (χ4v) is 2.49. The lowest BCUT2D eigenvalue weighted by molar-refractivity contribution is 0.0713. The van der Waals surface area contributed by atoms with Gasteiger partial charge in [-0.25, -0.2) is 0 Å². The number of hydroxylamine groups is 1. The molecular weight excluding hydrogens is 322 g/mol. The van der Waals surface area contributed by atoms with Gasteiger partial charge in [-0.2, -0.15) is 5.06 Å². The molecule has 0 bridgehead atoms. The maximum absolute atomic E-state index is 12.8. The van der Waals surface area contributed by atoms with Crippen molar-refractivity contribution in [1.82, 2.24) is 0 Å². The van der Waals surface area contributed by atoms with Crippen LogP contribution in [0, 0.1) is 6.92 Å². The number of carbonyl (C=O) groups is 1. The largest absolute Gasteiger partial charge is 0.282 e. The van der Waals surface area contributed by atoms with Gasteiger partial charge in [0.05, 0.1) is 12.3 Å². The lowest BCUT2D eigenvalue weighted by Gasteiger charge is -2.21. The third-order valence-corrected chi connectivity index (χ3v) is 3.88. The summed E-state index contributed by atoms with van der Waals surface area (Å²) in [6, 6.07) is 26.7. The highest BCUT2D eigenvalue weighted by molar-refractivity contribution is 6.04. The van der Waals surface area contributed by atoms with Crippen molar-refractivity contribution in [2.24, 2.45) is 0 Å². The van der Waals surface area contributed by atoms with Crippen LogP contribution in [0.4, 0.5) is 5.69 Å². The Balaban J connectivity index is 1.72. The van der Waals surface area contributed by atoms with Gasteiger partial charge in [-0.3, -0.25) is 9.63 Å². The third kappa shape index (κ3) is 4.68. The van der Waals surface area contributed by atoms with E-state index in [4.69, 9.17) is 4.84 Å².